The summed E-state index contributed by atoms with van der Waals surface area (Å²) in [5.74, 6) is -2.73. The highest BCUT2D eigenvalue weighted by Crippen LogP contribution is 2.21. The first-order valence-corrected chi connectivity index (χ1v) is 12.9. The summed E-state index contributed by atoms with van der Waals surface area (Å²) >= 11 is 0. The van der Waals surface area contributed by atoms with Gasteiger partial charge in [-0.25, -0.2) is 0 Å². The van der Waals surface area contributed by atoms with Gasteiger partial charge in [0.15, 0.2) is 0 Å². The Balaban J connectivity index is 2.04. The fourth-order valence-electron chi connectivity index (χ4n) is 4.40. The van der Waals surface area contributed by atoms with Crippen LogP contribution in [0.3, 0.4) is 0 Å². The summed E-state index contributed by atoms with van der Waals surface area (Å²) < 4.78 is 0. The van der Waals surface area contributed by atoms with E-state index in [1.165, 1.54) is 29.7 Å². The lowest BCUT2D eigenvalue weighted by atomic mass is 10.0. The minimum absolute atomic E-state index is 0.224. The third-order valence-electron chi connectivity index (χ3n) is 6.48. The molecule has 0 bridgehead atoms. The van der Waals surface area contributed by atoms with Crippen molar-refractivity contribution in [2.24, 2.45) is 5.92 Å². The molecule has 198 valence electrons. The van der Waals surface area contributed by atoms with Crippen molar-refractivity contribution in [1.82, 2.24) is 15.5 Å². The van der Waals surface area contributed by atoms with Crippen LogP contribution in [0.25, 0.3) is 0 Å². The van der Waals surface area contributed by atoms with Crippen LogP contribution in [0.15, 0.2) is 24.3 Å². The van der Waals surface area contributed by atoms with Crippen LogP contribution in [-0.4, -0.2) is 64.7 Å². The van der Waals surface area contributed by atoms with E-state index in [1.807, 2.05) is 26.0 Å². The first-order chi connectivity index (χ1) is 17.2. The molecule has 0 saturated carbocycles. The Hall–Kier alpha value is -3.23. The molecule has 0 spiro atoms. The van der Waals surface area contributed by atoms with Crippen LogP contribution < -0.4 is 10.6 Å². The molecule has 0 radical (unpaired) electrons. The van der Waals surface area contributed by atoms with Crippen molar-refractivity contribution < 1.29 is 29.1 Å². The Morgan fingerprint density at radius 3 is 2.36 bits per heavy atom. The van der Waals surface area contributed by atoms with E-state index < -0.39 is 36.4 Å². The first-order valence-electron chi connectivity index (χ1n) is 12.9. The first kappa shape index (κ1) is 29.0. The number of benzene rings is 1. The largest absolute Gasteiger partial charge is 0.481 e. The summed E-state index contributed by atoms with van der Waals surface area (Å²) in [7, 11) is 0. The molecular formula is C27H39N3O6. The number of carboxylic acids is 1. The number of hydrogen-bond acceptors (Lipinski definition) is 5. The van der Waals surface area contributed by atoms with Crippen LogP contribution in [0.2, 0.25) is 0 Å². The summed E-state index contributed by atoms with van der Waals surface area (Å²) in [6.45, 7) is 6.16. The Bertz CT molecular complexity index is 915. The lowest BCUT2D eigenvalue weighted by Gasteiger charge is -2.31. The molecule has 0 unspecified atom stereocenters. The second kappa shape index (κ2) is 14.4. The van der Waals surface area contributed by atoms with Gasteiger partial charge in [-0.1, -0.05) is 52.2 Å². The lowest BCUT2D eigenvalue weighted by Crippen LogP contribution is -2.56. The number of rotatable bonds is 14. The van der Waals surface area contributed by atoms with Crippen LogP contribution in [0.1, 0.15) is 81.6 Å². The third-order valence-corrected chi connectivity index (χ3v) is 6.48. The second-order valence-electron chi connectivity index (χ2n) is 9.74. The summed E-state index contributed by atoms with van der Waals surface area (Å²) in [6, 6.07) is 4.59. The number of aldehydes is 1. The van der Waals surface area contributed by atoms with Crippen LogP contribution in [0, 0.1) is 5.92 Å². The van der Waals surface area contributed by atoms with Crippen LogP contribution in [0.4, 0.5) is 0 Å². The molecule has 9 nitrogen and oxygen atoms in total. The predicted octanol–water partition coefficient (Wildman–Crippen LogP) is 2.71. The van der Waals surface area contributed by atoms with Crippen molar-refractivity contribution in [3.05, 3.63) is 35.4 Å². The van der Waals surface area contributed by atoms with E-state index >= 15 is 0 Å². The molecular weight excluding hydrogens is 462 g/mol. The SMILES string of the molecule is CCCCCCc1ccc(C(=O)N[C@H](C(=O)N2CCC[C@H]2C(=O)N[C@H](C=O)CC(=O)O)C(C)C)cc1. The number of nitrogens with one attached hydrogen (secondary N) is 2. The number of amides is 3. The molecule has 1 saturated heterocycles. The Kier molecular flexibility index (Phi) is 11.6. The van der Waals surface area contributed by atoms with Crippen LogP contribution in [0.5, 0.6) is 0 Å². The Morgan fingerprint density at radius 1 is 1.08 bits per heavy atom. The third kappa shape index (κ3) is 8.46. The Morgan fingerprint density at radius 2 is 1.78 bits per heavy atom. The molecule has 1 aliphatic rings. The number of aliphatic carboxylic acids is 1. The molecule has 0 aliphatic carbocycles. The summed E-state index contributed by atoms with van der Waals surface area (Å²) in [5, 5.41) is 14.2. The van der Waals surface area contributed by atoms with Gasteiger partial charge in [-0.05, 0) is 49.3 Å². The van der Waals surface area contributed by atoms with E-state index in [0.717, 1.165) is 12.8 Å². The van der Waals surface area contributed by atoms with Gasteiger partial charge in [0, 0.05) is 12.1 Å². The number of aryl methyl sites for hydroxylation is 1. The highest BCUT2D eigenvalue weighted by atomic mass is 16.4. The maximum Gasteiger partial charge on any atom is 0.305 e. The smallest absolute Gasteiger partial charge is 0.305 e. The van der Waals surface area contributed by atoms with Crippen molar-refractivity contribution in [1.29, 1.82) is 0 Å². The lowest BCUT2D eigenvalue weighted by molar-refractivity contribution is -0.142. The zero-order chi connectivity index (χ0) is 26.7. The average molecular weight is 502 g/mol. The summed E-state index contributed by atoms with van der Waals surface area (Å²) in [5.41, 5.74) is 1.63. The maximum atomic E-state index is 13.4. The fourth-order valence-corrected chi connectivity index (χ4v) is 4.40. The number of carbonyl (C=O) groups is 5. The van der Waals surface area contributed by atoms with Gasteiger partial charge in [0.25, 0.3) is 5.91 Å². The zero-order valence-corrected chi connectivity index (χ0v) is 21.5. The highest BCUT2D eigenvalue weighted by molar-refractivity contribution is 5.98. The fraction of sp³-hybridized carbons (Fsp3) is 0.593. The molecule has 2 rings (SSSR count). The standard InChI is InChI=1S/C27H39N3O6/c1-4-5-6-7-9-19-11-13-20(14-12-19)25(34)29-24(18(2)3)27(36)30-15-8-10-22(30)26(35)28-21(17-31)16-23(32)33/h11-14,17-18,21-22,24H,4-10,15-16H2,1-3H3,(H,28,35)(H,29,34)(H,32,33)/t21-,22-,24-/m0/s1. The summed E-state index contributed by atoms with van der Waals surface area (Å²) in [4.78, 5) is 62.6. The topological polar surface area (TPSA) is 133 Å². The van der Waals surface area contributed by atoms with Gasteiger partial charge in [-0.3, -0.25) is 19.2 Å². The number of likely N-dealkylation sites (tertiary alicyclic amines) is 1. The maximum absolute atomic E-state index is 13.4. The molecule has 1 heterocycles. The van der Waals surface area contributed by atoms with Crippen LogP contribution >= 0.6 is 0 Å². The van der Waals surface area contributed by atoms with E-state index in [0.29, 0.717) is 31.2 Å². The average Bonchev–Trinajstić information content (AvgIpc) is 3.34. The monoisotopic (exact) mass is 501 g/mol. The predicted molar refractivity (Wildman–Crippen MR) is 135 cm³/mol. The number of unbranched alkanes of at least 4 members (excludes halogenated alkanes) is 3. The molecule has 0 aromatic heterocycles. The number of nitrogens with zero attached hydrogens (tertiary/aromatic N) is 1. The molecule has 9 heteroatoms. The van der Waals surface area contributed by atoms with E-state index in [9.17, 15) is 24.0 Å². The highest BCUT2D eigenvalue weighted by Gasteiger charge is 2.39. The van der Waals surface area contributed by atoms with Crippen molar-refractivity contribution in [3.63, 3.8) is 0 Å². The van der Waals surface area contributed by atoms with Crippen molar-refractivity contribution in [3.8, 4) is 0 Å². The van der Waals surface area contributed by atoms with Gasteiger partial charge in [0.2, 0.25) is 11.8 Å². The normalized spacial score (nSPS) is 16.9. The molecule has 3 amide bonds. The quantitative estimate of drug-likeness (QED) is 0.265. The van der Waals surface area contributed by atoms with Crippen LogP contribution in [-0.2, 0) is 25.6 Å². The number of carbonyl (C=O) groups excluding carboxylic acids is 4. The molecule has 36 heavy (non-hydrogen) atoms. The van der Waals surface area contributed by atoms with Crippen molar-refractivity contribution >= 4 is 30.0 Å². The van der Waals surface area contributed by atoms with E-state index in [2.05, 4.69) is 17.6 Å². The Labute approximate surface area is 213 Å². The van der Waals surface area contributed by atoms with E-state index in [1.54, 1.807) is 12.1 Å². The minimum Gasteiger partial charge on any atom is -0.481 e. The molecule has 1 aliphatic heterocycles. The molecule has 1 fully saturated rings. The van der Waals surface area contributed by atoms with Crippen molar-refractivity contribution in [2.45, 2.75) is 90.3 Å². The molecule has 3 atom stereocenters. The zero-order valence-electron chi connectivity index (χ0n) is 21.5. The van der Waals surface area contributed by atoms with E-state index in [4.69, 9.17) is 5.11 Å². The van der Waals surface area contributed by atoms with E-state index in [-0.39, 0.29) is 17.7 Å². The van der Waals surface area contributed by atoms with Gasteiger partial charge in [0.05, 0.1) is 12.5 Å². The van der Waals surface area contributed by atoms with Crippen molar-refractivity contribution in [2.75, 3.05) is 6.54 Å². The molecule has 3 N–H and O–H groups in total. The van der Waals surface area contributed by atoms with Gasteiger partial charge in [-0.15, -0.1) is 0 Å². The second-order valence-corrected chi connectivity index (χ2v) is 9.74. The van der Waals surface area contributed by atoms with Gasteiger partial charge < -0.3 is 25.4 Å². The number of carboxylic acid groups (broad SMARTS) is 1. The molecule has 1 aromatic rings. The van der Waals surface area contributed by atoms with Gasteiger partial charge in [0.1, 0.15) is 18.4 Å². The van der Waals surface area contributed by atoms with Gasteiger partial charge >= 0.3 is 5.97 Å². The van der Waals surface area contributed by atoms with Gasteiger partial charge in [-0.2, -0.15) is 0 Å². The number of hydrogen-bond donors (Lipinski definition) is 3. The minimum atomic E-state index is -1.21. The molecule has 1 aromatic carbocycles. The summed E-state index contributed by atoms with van der Waals surface area (Å²) in [6.07, 6.45) is 6.48.